The van der Waals surface area contributed by atoms with Gasteiger partial charge in [0, 0.05) is 36.1 Å². The molecule has 0 atom stereocenters. The van der Waals surface area contributed by atoms with Crippen LogP contribution in [-0.4, -0.2) is 34.0 Å². The second-order valence-electron chi connectivity index (χ2n) is 4.25. The number of pyridine rings is 2. The summed E-state index contributed by atoms with van der Waals surface area (Å²) in [6.07, 6.45) is 3.62. The van der Waals surface area contributed by atoms with E-state index in [2.05, 4.69) is 21.4 Å². The molecule has 0 aliphatic carbocycles. The molecule has 0 radical (unpaired) electrons. The molecule has 0 saturated heterocycles. The zero-order valence-electron chi connectivity index (χ0n) is 10.0. The molecule has 0 bridgehead atoms. The molecule has 0 spiro atoms. The number of aromatic nitrogens is 2. The minimum Gasteiger partial charge on any atom is -0.396 e. The predicted octanol–water partition coefficient (Wildman–Crippen LogP) is 2.07. The molecular weight excluding hydrogens is 246 g/mol. The number of anilines is 1. The highest BCUT2D eigenvalue weighted by Gasteiger charge is 2.19. The van der Waals surface area contributed by atoms with Crippen LogP contribution in [-0.2, 0) is 6.42 Å². The van der Waals surface area contributed by atoms with E-state index in [4.69, 9.17) is 5.11 Å². The first kappa shape index (κ1) is 11.7. The lowest BCUT2D eigenvalue weighted by Crippen LogP contribution is -2.06. The quantitative estimate of drug-likeness (QED) is 0.825. The fourth-order valence-corrected chi connectivity index (χ4v) is 3.21. The van der Waals surface area contributed by atoms with Crippen molar-refractivity contribution in [3.05, 3.63) is 23.9 Å². The van der Waals surface area contributed by atoms with Crippen LogP contribution in [0, 0.1) is 0 Å². The van der Waals surface area contributed by atoms with E-state index in [1.54, 1.807) is 11.8 Å². The van der Waals surface area contributed by atoms with E-state index < -0.39 is 0 Å². The number of aliphatic hydroxyl groups excluding tert-OH is 1. The van der Waals surface area contributed by atoms with Crippen LogP contribution in [0.2, 0.25) is 0 Å². The van der Waals surface area contributed by atoms with Crippen molar-refractivity contribution in [3.63, 3.8) is 0 Å². The van der Waals surface area contributed by atoms with Crippen LogP contribution in [0.4, 0.5) is 5.82 Å². The van der Waals surface area contributed by atoms with Gasteiger partial charge in [0.05, 0.1) is 5.52 Å². The summed E-state index contributed by atoms with van der Waals surface area (Å²) in [5, 5.41) is 14.3. The van der Waals surface area contributed by atoms with Gasteiger partial charge < -0.3 is 10.4 Å². The Balaban J connectivity index is 2.05. The highest BCUT2D eigenvalue weighted by Crippen LogP contribution is 2.36. The number of aliphatic hydroxyl groups is 1. The maximum atomic E-state index is 8.84. The van der Waals surface area contributed by atoms with Crippen LogP contribution in [0.25, 0.3) is 10.9 Å². The van der Waals surface area contributed by atoms with Gasteiger partial charge in [-0.15, -0.1) is 11.8 Å². The second-order valence-corrected chi connectivity index (χ2v) is 5.33. The number of rotatable bonds is 4. The first-order valence-corrected chi connectivity index (χ1v) is 7.14. The average Bonchev–Trinajstić information content (AvgIpc) is 2.87. The van der Waals surface area contributed by atoms with Gasteiger partial charge in [0.2, 0.25) is 0 Å². The molecule has 18 heavy (non-hydrogen) atoms. The first-order chi connectivity index (χ1) is 8.90. The molecule has 1 aliphatic heterocycles. The van der Waals surface area contributed by atoms with Crippen molar-refractivity contribution < 1.29 is 5.11 Å². The van der Waals surface area contributed by atoms with Crippen LogP contribution in [0.3, 0.4) is 0 Å². The van der Waals surface area contributed by atoms with Crippen molar-refractivity contribution >= 4 is 28.5 Å². The van der Waals surface area contributed by atoms with Crippen molar-refractivity contribution in [2.75, 3.05) is 24.2 Å². The van der Waals surface area contributed by atoms with Gasteiger partial charge in [-0.1, -0.05) is 0 Å². The molecule has 5 heteroatoms. The average molecular weight is 261 g/mol. The van der Waals surface area contributed by atoms with Gasteiger partial charge in [-0.3, -0.25) is 4.98 Å². The molecular formula is C13H15N3OS. The molecule has 3 rings (SSSR count). The van der Waals surface area contributed by atoms with Crippen molar-refractivity contribution in [2.45, 2.75) is 17.9 Å². The van der Waals surface area contributed by atoms with Gasteiger partial charge in [-0.25, -0.2) is 4.98 Å². The summed E-state index contributed by atoms with van der Waals surface area (Å²) in [5.41, 5.74) is 2.35. The fraction of sp³-hybridized carbons (Fsp3) is 0.385. The van der Waals surface area contributed by atoms with Crippen LogP contribution in [0.5, 0.6) is 0 Å². The molecule has 3 heterocycles. The highest BCUT2D eigenvalue weighted by atomic mass is 32.2. The van der Waals surface area contributed by atoms with E-state index in [1.165, 1.54) is 5.56 Å². The Hall–Kier alpha value is -1.33. The van der Waals surface area contributed by atoms with E-state index in [-0.39, 0.29) is 6.61 Å². The summed E-state index contributed by atoms with van der Waals surface area (Å²) in [6.45, 7) is 0.930. The lowest BCUT2D eigenvalue weighted by Gasteiger charge is -2.10. The second kappa shape index (κ2) is 5.12. The number of aryl methyl sites for hydroxylation is 1. The zero-order chi connectivity index (χ0) is 12.4. The molecule has 1 aliphatic rings. The third-order valence-corrected chi connectivity index (χ3v) is 4.06. The molecule has 0 aromatic carbocycles. The minimum absolute atomic E-state index is 0.197. The Morgan fingerprint density at radius 3 is 3.28 bits per heavy atom. The van der Waals surface area contributed by atoms with Crippen LogP contribution in [0.1, 0.15) is 12.0 Å². The van der Waals surface area contributed by atoms with Crippen LogP contribution in [0.15, 0.2) is 23.4 Å². The summed E-state index contributed by atoms with van der Waals surface area (Å²) < 4.78 is 0. The topological polar surface area (TPSA) is 58.0 Å². The molecule has 2 aromatic rings. The van der Waals surface area contributed by atoms with Crippen LogP contribution < -0.4 is 5.32 Å². The van der Waals surface area contributed by atoms with Gasteiger partial charge in [-0.2, -0.15) is 0 Å². The predicted molar refractivity (Wildman–Crippen MR) is 74.2 cm³/mol. The minimum atomic E-state index is 0.197. The molecule has 0 amide bonds. The number of thioether (sulfide) groups is 1. The Morgan fingerprint density at radius 1 is 1.44 bits per heavy atom. The summed E-state index contributed by atoms with van der Waals surface area (Å²) in [5.74, 6) is 1.98. The summed E-state index contributed by atoms with van der Waals surface area (Å²) in [6, 6.07) is 4.00. The third kappa shape index (κ3) is 2.04. The lowest BCUT2D eigenvalue weighted by atomic mass is 10.1. The molecule has 94 valence electrons. The van der Waals surface area contributed by atoms with E-state index in [1.807, 2.05) is 12.3 Å². The van der Waals surface area contributed by atoms with Crippen molar-refractivity contribution in [1.29, 1.82) is 0 Å². The molecule has 2 N–H and O–H groups in total. The maximum Gasteiger partial charge on any atom is 0.136 e. The number of nitrogens with zero attached hydrogens (tertiary/aromatic N) is 2. The fourth-order valence-electron chi connectivity index (χ4n) is 2.18. The van der Waals surface area contributed by atoms with E-state index in [9.17, 15) is 0 Å². The lowest BCUT2D eigenvalue weighted by molar-refractivity contribution is 0.292. The van der Waals surface area contributed by atoms with E-state index >= 15 is 0 Å². The van der Waals surface area contributed by atoms with Gasteiger partial charge in [0.1, 0.15) is 10.8 Å². The Kier molecular flexibility index (Phi) is 3.34. The molecule has 4 nitrogen and oxygen atoms in total. The van der Waals surface area contributed by atoms with E-state index in [0.717, 1.165) is 46.9 Å². The van der Waals surface area contributed by atoms with Gasteiger partial charge in [-0.05, 0) is 25.0 Å². The number of nitrogens with one attached hydrogen (secondary N) is 1. The van der Waals surface area contributed by atoms with Crippen LogP contribution >= 0.6 is 11.8 Å². The smallest absolute Gasteiger partial charge is 0.136 e. The van der Waals surface area contributed by atoms with Gasteiger partial charge >= 0.3 is 0 Å². The first-order valence-electron chi connectivity index (χ1n) is 6.15. The third-order valence-electron chi connectivity index (χ3n) is 3.04. The number of fused-ring (bicyclic) bond motifs is 3. The van der Waals surface area contributed by atoms with E-state index in [0.29, 0.717) is 0 Å². The summed E-state index contributed by atoms with van der Waals surface area (Å²) in [4.78, 5) is 9.18. The molecule has 0 fully saturated rings. The Bertz CT molecular complexity index is 573. The number of hydrogen-bond acceptors (Lipinski definition) is 5. The van der Waals surface area contributed by atoms with Crippen molar-refractivity contribution in [1.82, 2.24) is 9.97 Å². The Morgan fingerprint density at radius 2 is 2.39 bits per heavy atom. The van der Waals surface area contributed by atoms with Crippen molar-refractivity contribution in [3.8, 4) is 0 Å². The highest BCUT2D eigenvalue weighted by molar-refractivity contribution is 7.99. The maximum absolute atomic E-state index is 8.84. The summed E-state index contributed by atoms with van der Waals surface area (Å²) in [7, 11) is 0. The molecule has 0 saturated carbocycles. The summed E-state index contributed by atoms with van der Waals surface area (Å²) >= 11 is 1.80. The SMILES string of the molecule is OCCCNc1nc2c(c3ncccc13)CCS2. The normalized spacial score (nSPS) is 13.8. The Labute approximate surface area is 110 Å². The number of hydrogen-bond donors (Lipinski definition) is 2. The standard InChI is InChI=1S/C13H15N3OS/c17-7-2-6-15-12-9-3-1-5-14-11(9)10-4-8-18-13(10)16-12/h1,3,5,17H,2,4,6-8H2,(H,15,16). The molecule has 0 unspecified atom stereocenters. The van der Waals surface area contributed by atoms with Gasteiger partial charge in [0.15, 0.2) is 0 Å². The molecule has 2 aromatic heterocycles. The van der Waals surface area contributed by atoms with Gasteiger partial charge in [0.25, 0.3) is 0 Å². The monoisotopic (exact) mass is 261 g/mol. The zero-order valence-corrected chi connectivity index (χ0v) is 10.8. The van der Waals surface area contributed by atoms with Crippen molar-refractivity contribution in [2.24, 2.45) is 0 Å². The largest absolute Gasteiger partial charge is 0.396 e.